The number of nitrogens with two attached hydrogens (primary N) is 1. The van der Waals surface area contributed by atoms with E-state index in [0.29, 0.717) is 6.54 Å². The molecule has 4 heteroatoms. The minimum Gasteiger partial charge on any atom is -0.348 e. The number of nitrogens with one attached hydrogen (secondary N) is 1. The highest BCUT2D eigenvalue weighted by Gasteiger charge is 2.18. The second-order valence-corrected chi connectivity index (χ2v) is 4.54. The second-order valence-electron chi connectivity index (χ2n) is 4.54. The quantitative estimate of drug-likeness (QED) is 0.841. The number of hydrogen-bond donors (Lipinski definition) is 2. The molecule has 0 aliphatic heterocycles. The van der Waals surface area contributed by atoms with Crippen LogP contribution in [0.4, 0.5) is 4.39 Å². The van der Waals surface area contributed by atoms with Crippen molar-refractivity contribution in [3.8, 4) is 0 Å². The van der Waals surface area contributed by atoms with Gasteiger partial charge in [-0.05, 0) is 25.0 Å². The Hall–Kier alpha value is -1.42. The lowest BCUT2D eigenvalue weighted by atomic mass is 10.0. The van der Waals surface area contributed by atoms with Gasteiger partial charge in [0, 0.05) is 12.6 Å². The number of benzene rings is 1. The van der Waals surface area contributed by atoms with E-state index in [0.717, 1.165) is 5.56 Å². The first-order valence-electron chi connectivity index (χ1n) is 5.72. The number of carbonyl (C=O) groups is 1. The van der Waals surface area contributed by atoms with Crippen molar-refractivity contribution < 1.29 is 9.18 Å². The first-order valence-corrected chi connectivity index (χ1v) is 5.72. The Bertz CT molecular complexity index is 404. The molecule has 1 aromatic rings. The van der Waals surface area contributed by atoms with Crippen molar-refractivity contribution in [1.82, 2.24) is 5.32 Å². The summed E-state index contributed by atoms with van der Waals surface area (Å²) < 4.78 is 13.5. The van der Waals surface area contributed by atoms with E-state index in [1.165, 1.54) is 6.07 Å². The summed E-state index contributed by atoms with van der Waals surface area (Å²) in [4.78, 5) is 11.9. The van der Waals surface area contributed by atoms with Crippen molar-refractivity contribution in [3.63, 3.8) is 0 Å². The summed E-state index contributed by atoms with van der Waals surface area (Å²) >= 11 is 0. The van der Waals surface area contributed by atoms with Crippen LogP contribution in [0.2, 0.25) is 0 Å². The van der Waals surface area contributed by atoms with Crippen molar-refractivity contribution in [3.05, 3.63) is 35.1 Å². The maximum atomic E-state index is 13.5. The van der Waals surface area contributed by atoms with Gasteiger partial charge in [-0.25, -0.2) is 4.39 Å². The predicted octanol–water partition coefficient (Wildman–Crippen LogP) is 1.85. The fourth-order valence-electron chi connectivity index (χ4n) is 1.56. The summed E-state index contributed by atoms with van der Waals surface area (Å²) in [5.41, 5.74) is 6.49. The van der Waals surface area contributed by atoms with Crippen LogP contribution in [-0.4, -0.2) is 18.5 Å². The summed E-state index contributed by atoms with van der Waals surface area (Å²) in [5.74, 6) is -0.695. The van der Waals surface area contributed by atoms with Crippen LogP contribution in [0.3, 0.4) is 0 Å². The molecule has 0 radical (unpaired) electrons. The molecule has 1 unspecified atom stereocenters. The van der Waals surface area contributed by atoms with Crippen LogP contribution >= 0.6 is 0 Å². The maximum Gasteiger partial charge on any atom is 0.254 e. The van der Waals surface area contributed by atoms with Gasteiger partial charge in [-0.2, -0.15) is 0 Å². The molecule has 0 heterocycles. The Kier molecular flexibility index (Phi) is 4.63. The van der Waals surface area contributed by atoms with E-state index < -0.39 is 11.7 Å². The molecule has 0 aliphatic carbocycles. The average molecular weight is 238 g/mol. The Labute approximate surface area is 101 Å². The van der Waals surface area contributed by atoms with Gasteiger partial charge in [0.1, 0.15) is 5.82 Å². The lowest BCUT2D eigenvalue weighted by Crippen LogP contribution is -2.43. The van der Waals surface area contributed by atoms with Crippen LogP contribution in [0.15, 0.2) is 18.2 Å². The minimum absolute atomic E-state index is 0.0732. The number of hydrogen-bond acceptors (Lipinski definition) is 2. The first kappa shape index (κ1) is 13.6. The largest absolute Gasteiger partial charge is 0.348 e. The Morgan fingerprint density at radius 1 is 1.47 bits per heavy atom. The topological polar surface area (TPSA) is 55.1 Å². The molecule has 0 aliphatic rings. The van der Waals surface area contributed by atoms with Crippen LogP contribution in [-0.2, 0) is 0 Å². The van der Waals surface area contributed by atoms with Crippen LogP contribution < -0.4 is 11.1 Å². The third-order valence-electron chi connectivity index (χ3n) is 2.74. The fraction of sp³-hybridized carbons (Fsp3) is 0.462. The molecular formula is C13H19FN2O. The molecular weight excluding hydrogens is 219 g/mol. The summed E-state index contributed by atoms with van der Waals surface area (Å²) in [6.07, 6.45) is 0. The van der Waals surface area contributed by atoms with Gasteiger partial charge in [-0.1, -0.05) is 25.5 Å². The van der Waals surface area contributed by atoms with Gasteiger partial charge in [0.25, 0.3) is 5.91 Å². The minimum atomic E-state index is -0.507. The molecule has 3 N–H and O–H groups in total. The summed E-state index contributed by atoms with van der Waals surface area (Å²) in [5, 5.41) is 2.75. The molecule has 0 aromatic heterocycles. The number of aryl methyl sites for hydroxylation is 1. The Morgan fingerprint density at radius 3 is 2.65 bits per heavy atom. The monoisotopic (exact) mass is 238 g/mol. The van der Waals surface area contributed by atoms with E-state index in [4.69, 9.17) is 5.73 Å². The molecule has 17 heavy (non-hydrogen) atoms. The van der Waals surface area contributed by atoms with Crippen molar-refractivity contribution in [2.24, 2.45) is 11.7 Å². The highest BCUT2D eigenvalue weighted by Crippen LogP contribution is 2.11. The van der Waals surface area contributed by atoms with Gasteiger partial charge in [0.15, 0.2) is 0 Å². The lowest BCUT2D eigenvalue weighted by molar-refractivity contribution is 0.0923. The molecule has 0 saturated heterocycles. The van der Waals surface area contributed by atoms with E-state index in [1.807, 2.05) is 20.8 Å². The van der Waals surface area contributed by atoms with Gasteiger partial charge < -0.3 is 11.1 Å². The van der Waals surface area contributed by atoms with E-state index >= 15 is 0 Å². The average Bonchev–Trinajstić information content (AvgIpc) is 2.28. The summed E-state index contributed by atoms with van der Waals surface area (Å²) in [6.45, 7) is 6.09. The van der Waals surface area contributed by atoms with Crippen molar-refractivity contribution in [2.75, 3.05) is 6.54 Å². The molecule has 1 atom stereocenters. The molecule has 1 amide bonds. The van der Waals surface area contributed by atoms with E-state index in [9.17, 15) is 9.18 Å². The third kappa shape index (κ3) is 3.53. The van der Waals surface area contributed by atoms with Gasteiger partial charge in [-0.3, -0.25) is 4.79 Å². The lowest BCUT2D eigenvalue weighted by Gasteiger charge is -2.20. The van der Waals surface area contributed by atoms with Gasteiger partial charge in [-0.15, -0.1) is 0 Å². The van der Waals surface area contributed by atoms with E-state index in [2.05, 4.69) is 5.32 Å². The number of amides is 1. The molecule has 1 aromatic carbocycles. The van der Waals surface area contributed by atoms with Crippen LogP contribution in [0.25, 0.3) is 0 Å². The highest BCUT2D eigenvalue weighted by atomic mass is 19.1. The van der Waals surface area contributed by atoms with Crippen LogP contribution in [0.1, 0.15) is 29.8 Å². The van der Waals surface area contributed by atoms with Gasteiger partial charge >= 0.3 is 0 Å². The SMILES string of the molecule is Cc1ccc(F)c(C(=O)NC(CN)C(C)C)c1. The zero-order valence-electron chi connectivity index (χ0n) is 10.5. The molecule has 3 nitrogen and oxygen atoms in total. The third-order valence-corrected chi connectivity index (χ3v) is 2.74. The number of halogens is 1. The Morgan fingerprint density at radius 2 is 2.12 bits per heavy atom. The van der Waals surface area contributed by atoms with Crippen molar-refractivity contribution in [1.29, 1.82) is 0 Å². The molecule has 94 valence electrons. The zero-order valence-corrected chi connectivity index (χ0v) is 10.5. The summed E-state index contributed by atoms with van der Waals surface area (Å²) in [7, 11) is 0. The summed E-state index contributed by atoms with van der Waals surface area (Å²) in [6, 6.07) is 4.34. The van der Waals surface area contributed by atoms with E-state index in [-0.39, 0.29) is 17.5 Å². The molecule has 0 fully saturated rings. The zero-order chi connectivity index (χ0) is 13.0. The molecule has 1 rings (SSSR count). The fourth-order valence-corrected chi connectivity index (χ4v) is 1.56. The van der Waals surface area contributed by atoms with Crippen molar-refractivity contribution >= 4 is 5.91 Å². The predicted molar refractivity (Wildman–Crippen MR) is 66.3 cm³/mol. The molecule has 0 saturated carbocycles. The standard InChI is InChI=1S/C13H19FN2O/c1-8(2)12(7-15)16-13(17)10-6-9(3)4-5-11(10)14/h4-6,8,12H,7,15H2,1-3H3,(H,16,17). The smallest absolute Gasteiger partial charge is 0.254 e. The molecule has 0 spiro atoms. The first-order chi connectivity index (χ1) is 7.95. The highest BCUT2D eigenvalue weighted by molar-refractivity contribution is 5.94. The van der Waals surface area contributed by atoms with Gasteiger partial charge in [0.2, 0.25) is 0 Å². The van der Waals surface area contributed by atoms with E-state index in [1.54, 1.807) is 12.1 Å². The number of carbonyl (C=O) groups excluding carboxylic acids is 1. The van der Waals surface area contributed by atoms with Crippen molar-refractivity contribution in [2.45, 2.75) is 26.8 Å². The molecule has 0 bridgehead atoms. The van der Waals surface area contributed by atoms with Gasteiger partial charge in [0.05, 0.1) is 5.56 Å². The Balaban J connectivity index is 2.86. The maximum absolute atomic E-state index is 13.5. The van der Waals surface area contributed by atoms with Crippen LogP contribution in [0.5, 0.6) is 0 Å². The van der Waals surface area contributed by atoms with Crippen LogP contribution in [0, 0.1) is 18.7 Å². The number of rotatable bonds is 4. The normalized spacial score (nSPS) is 12.6. The second kappa shape index (κ2) is 5.77.